The van der Waals surface area contributed by atoms with E-state index in [4.69, 9.17) is 0 Å². The van der Waals surface area contributed by atoms with Gasteiger partial charge in [0.15, 0.2) is 0 Å². The van der Waals surface area contributed by atoms with Crippen LogP contribution in [-0.4, -0.2) is 30.6 Å². The first kappa shape index (κ1) is 14.5. The first-order valence-electron chi connectivity index (χ1n) is 7.62. The Hall–Kier alpha value is -0.860. The molecule has 2 nitrogen and oxygen atoms in total. The van der Waals surface area contributed by atoms with Crippen molar-refractivity contribution in [1.82, 2.24) is 10.2 Å². The molecular weight excluding hydrogens is 232 g/mol. The number of hydrogen-bond donors (Lipinski definition) is 1. The molecule has 1 aromatic rings. The predicted molar refractivity (Wildman–Crippen MR) is 82.4 cm³/mol. The van der Waals surface area contributed by atoms with E-state index in [1.165, 1.54) is 36.2 Å². The van der Waals surface area contributed by atoms with E-state index < -0.39 is 0 Å². The average molecular weight is 260 g/mol. The highest BCUT2D eigenvalue weighted by Crippen LogP contribution is 2.21. The molecule has 1 N–H and O–H groups in total. The highest BCUT2D eigenvalue weighted by Gasteiger charge is 2.25. The lowest BCUT2D eigenvalue weighted by atomic mass is 9.92. The predicted octanol–water partition coefficient (Wildman–Crippen LogP) is 3.12. The summed E-state index contributed by atoms with van der Waals surface area (Å²) in [5.74, 6) is 0.748. The SMILES string of the molecule is CCNC1CCN(Cc2c(C)cccc2C)CC1C. The molecule has 2 unspecified atom stereocenters. The van der Waals surface area contributed by atoms with Crippen LogP contribution >= 0.6 is 0 Å². The minimum absolute atomic E-state index is 0.708. The van der Waals surface area contributed by atoms with Gasteiger partial charge in [0, 0.05) is 19.1 Å². The molecule has 1 aliphatic rings. The van der Waals surface area contributed by atoms with Crippen LogP contribution in [0.1, 0.15) is 37.0 Å². The van der Waals surface area contributed by atoms with Crippen molar-refractivity contribution in [1.29, 1.82) is 0 Å². The van der Waals surface area contributed by atoms with Crippen LogP contribution in [-0.2, 0) is 6.54 Å². The summed E-state index contributed by atoms with van der Waals surface area (Å²) in [6.07, 6.45) is 1.28. The van der Waals surface area contributed by atoms with E-state index in [0.29, 0.717) is 6.04 Å². The summed E-state index contributed by atoms with van der Waals surface area (Å²) in [6, 6.07) is 7.34. The molecule has 2 rings (SSSR count). The molecule has 1 fully saturated rings. The van der Waals surface area contributed by atoms with Gasteiger partial charge in [-0.15, -0.1) is 0 Å². The van der Waals surface area contributed by atoms with Crippen LogP contribution in [0.15, 0.2) is 18.2 Å². The summed E-state index contributed by atoms with van der Waals surface area (Å²) >= 11 is 0. The zero-order valence-corrected chi connectivity index (χ0v) is 12.9. The van der Waals surface area contributed by atoms with Crippen molar-refractivity contribution in [2.75, 3.05) is 19.6 Å². The van der Waals surface area contributed by atoms with Gasteiger partial charge in [0.2, 0.25) is 0 Å². The molecule has 0 aliphatic carbocycles. The van der Waals surface area contributed by atoms with E-state index in [1.807, 2.05) is 0 Å². The molecule has 0 radical (unpaired) electrons. The number of rotatable bonds is 4. The van der Waals surface area contributed by atoms with Crippen molar-refractivity contribution >= 4 is 0 Å². The van der Waals surface area contributed by atoms with Gasteiger partial charge in [-0.2, -0.15) is 0 Å². The Bertz CT molecular complexity index is 393. The summed E-state index contributed by atoms with van der Waals surface area (Å²) in [7, 11) is 0. The summed E-state index contributed by atoms with van der Waals surface area (Å²) in [5.41, 5.74) is 4.39. The first-order valence-corrected chi connectivity index (χ1v) is 7.62. The molecule has 0 saturated carbocycles. The molecule has 0 aromatic heterocycles. The molecule has 0 spiro atoms. The smallest absolute Gasteiger partial charge is 0.0239 e. The number of benzene rings is 1. The van der Waals surface area contributed by atoms with Crippen molar-refractivity contribution in [2.24, 2.45) is 5.92 Å². The van der Waals surface area contributed by atoms with Gasteiger partial charge in [-0.05, 0) is 56.0 Å². The Labute approximate surface area is 118 Å². The Morgan fingerprint density at radius 1 is 1.26 bits per heavy atom. The number of nitrogens with zero attached hydrogens (tertiary/aromatic N) is 1. The van der Waals surface area contributed by atoms with Crippen molar-refractivity contribution in [3.8, 4) is 0 Å². The van der Waals surface area contributed by atoms with Crippen LogP contribution in [0.25, 0.3) is 0 Å². The third-order valence-electron chi connectivity index (χ3n) is 4.48. The van der Waals surface area contributed by atoms with E-state index in [1.54, 1.807) is 0 Å². The maximum absolute atomic E-state index is 3.61. The Kier molecular flexibility index (Phi) is 5.00. The maximum atomic E-state index is 3.61. The molecule has 1 saturated heterocycles. The van der Waals surface area contributed by atoms with E-state index in [2.05, 4.69) is 56.1 Å². The van der Waals surface area contributed by atoms with E-state index in [-0.39, 0.29) is 0 Å². The largest absolute Gasteiger partial charge is 0.314 e. The monoisotopic (exact) mass is 260 g/mol. The van der Waals surface area contributed by atoms with Crippen LogP contribution in [0.3, 0.4) is 0 Å². The Balaban J connectivity index is 1.98. The highest BCUT2D eigenvalue weighted by molar-refractivity contribution is 5.33. The third kappa shape index (κ3) is 3.58. The molecule has 1 aromatic carbocycles. The zero-order valence-electron chi connectivity index (χ0n) is 12.9. The number of nitrogens with one attached hydrogen (secondary N) is 1. The number of piperidine rings is 1. The molecule has 1 aliphatic heterocycles. The molecule has 0 amide bonds. The van der Waals surface area contributed by atoms with Crippen LogP contribution in [0.2, 0.25) is 0 Å². The minimum atomic E-state index is 0.708. The summed E-state index contributed by atoms with van der Waals surface area (Å²) in [5, 5.41) is 3.61. The summed E-state index contributed by atoms with van der Waals surface area (Å²) in [6.45, 7) is 13.7. The van der Waals surface area contributed by atoms with Crippen molar-refractivity contribution in [3.05, 3.63) is 34.9 Å². The lowest BCUT2D eigenvalue weighted by Gasteiger charge is -2.37. The van der Waals surface area contributed by atoms with Gasteiger partial charge in [-0.25, -0.2) is 0 Å². The first-order chi connectivity index (χ1) is 9.11. The fraction of sp³-hybridized carbons (Fsp3) is 0.647. The van der Waals surface area contributed by atoms with E-state index in [9.17, 15) is 0 Å². The van der Waals surface area contributed by atoms with Crippen molar-refractivity contribution in [2.45, 2.75) is 46.7 Å². The quantitative estimate of drug-likeness (QED) is 0.895. The molecule has 2 atom stereocenters. The van der Waals surface area contributed by atoms with Crippen LogP contribution < -0.4 is 5.32 Å². The van der Waals surface area contributed by atoms with E-state index >= 15 is 0 Å². The lowest BCUT2D eigenvalue weighted by Crippen LogP contribution is -2.48. The Morgan fingerprint density at radius 2 is 1.95 bits per heavy atom. The molecule has 19 heavy (non-hydrogen) atoms. The van der Waals surface area contributed by atoms with Crippen molar-refractivity contribution in [3.63, 3.8) is 0 Å². The van der Waals surface area contributed by atoms with Gasteiger partial charge >= 0.3 is 0 Å². The lowest BCUT2D eigenvalue weighted by molar-refractivity contribution is 0.141. The molecule has 106 valence electrons. The van der Waals surface area contributed by atoms with Gasteiger partial charge in [0.05, 0.1) is 0 Å². The van der Waals surface area contributed by atoms with Gasteiger partial charge in [-0.1, -0.05) is 32.0 Å². The number of likely N-dealkylation sites (tertiary alicyclic amines) is 1. The van der Waals surface area contributed by atoms with Gasteiger partial charge in [-0.3, -0.25) is 4.90 Å². The standard InChI is InChI=1S/C17H28N2/c1-5-18-17-9-10-19(11-15(17)4)12-16-13(2)7-6-8-14(16)3/h6-8,15,17-18H,5,9-12H2,1-4H3. The molecule has 1 heterocycles. The second-order valence-corrected chi connectivity index (χ2v) is 6.04. The second-order valence-electron chi connectivity index (χ2n) is 6.04. The fourth-order valence-corrected chi connectivity index (χ4v) is 3.26. The summed E-state index contributed by atoms with van der Waals surface area (Å²) < 4.78 is 0. The zero-order chi connectivity index (χ0) is 13.8. The number of hydrogen-bond acceptors (Lipinski definition) is 2. The van der Waals surface area contributed by atoms with Gasteiger partial charge in [0.25, 0.3) is 0 Å². The fourth-order valence-electron chi connectivity index (χ4n) is 3.26. The molecular formula is C17H28N2. The van der Waals surface area contributed by atoms with Crippen LogP contribution in [0.4, 0.5) is 0 Å². The van der Waals surface area contributed by atoms with Gasteiger partial charge in [0.1, 0.15) is 0 Å². The second kappa shape index (κ2) is 6.53. The highest BCUT2D eigenvalue weighted by atomic mass is 15.1. The van der Waals surface area contributed by atoms with E-state index in [0.717, 1.165) is 19.0 Å². The van der Waals surface area contributed by atoms with Crippen LogP contribution in [0.5, 0.6) is 0 Å². The summed E-state index contributed by atoms with van der Waals surface area (Å²) in [4.78, 5) is 2.62. The Morgan fingerprint density at radius 3 is 2.53 bits per heavy atom. The third-order valence-corrected chi connectivity index (χ3v) is 4.48. The minimum Gasteiger partial charge on any atom is -0.314 e. The van der Waals surface area contributed by atoms with Crippen molar-refractivity contribution < 1.29 is 0 Å². The maximum Gasteiger partial charge on any atom is 0.0239 e. The normalized spacial score (nSPS) is 24.6. The molecule has 2 heteroatoms. The number of aryl methyl sites for hydroxylation is 2. The van der Waals surface area contributed by atoms with Gasteiger partial charge < -0.3 is 5.32 Å². The molecule has 0 bridgehead atoms. The van der Waals surface area contributed by atoms with Crippen LogP contribution in [0, 0.1) is 19.8 Å². The topological polar surface area (TPSA) is 15.3 Å². The average Bonchev–Trinajstić information content (AvgIpc) is 2.37.